The standard InChI is InChI=1S/C12H15FN2O3/c1-3-6-12(2,11(14)16)8-4-5-10(15(17)18)9(13)7-8/h4-5,7H,3,6H2,1-2H3,(H2,14,16). The zero-order chi connectivity index (χ0) is 13.9. The molecule has 1 aromatic rings. The third-order valence-electron chi connectivity index (χ3n) is 3.08. The van der Waals surface area contributed by atoms with Crippen molar-refractivity contribution in [3.05, 3.63) is 39.7 Å². The first kappa shape index (κ1) is 14.1. The number of carbonyl (C=O) groups excluding carboxylic acids is 1. The zero-order valence-electron chi connectivity index (χ0n) is 10.3. The molecule has 1 atom stereocenters. The van der Waals surface area contributed by atoms with Crippen LogP contribution in [-0.2, 0) is 10.2 Å². The normalized spacial score (nSPS) is 13.9. The van der Waals surface area contributed by atoms with Crippen LogP contribution < -0.4 is 5.73 Å². The molecule has 0 aliphatic heterocycles. The summed E-state index contributed by atoms with van der Waals surface area (Å²) in [6.45, 7) is 3.49. The second kappa shape index (κ2) is 5.12. The molecule has 0 aliphatic rings. The van der Waals surface area contributed by atoms with Gasteiger partial charge in [-0.25, -0.2) is 0 Å². The number of benzene rings is 1. The first-order valence-electron chi connectivity index (χ1n) is 5.57. The second-order valence-corrected chi connectivity index (χ2v) is 4.37. The molecule has 1 aromatic carbocycles. The van der Waals surface area contributed by atoms with Gasteiger partial charge in [-0.1, -0.05) is 19.4 Å². The molecule has 0 fully saturated rings. The van der Waals surface area contributed by atoms with Crippen LogP contribution in [0.15, 0.2) is 18.2 Å². The summed E-state index contributed by atoms with van der Waals surface area (Å²) in [7, 11) is 0. The first-order valence-corrected chi connectivity index (χ1v) is 5.57. The number of primary amides is 1. The van der Waals surface area contributed by atoms with Gasteiger partial charge in [-0.2, -0.15) is 4.39 Å². The van der Waals surface area contributed by atoms with Crippen LogP contribution in [0, 0.1) is 15.9 Å². The molecule has 0 saturated carbocycles. The van der Waals surface area contributed by atoms with Gasteiger partial charge in [0, 0.05) is 6.07 Å². The highest BCUT2D eigenvalue weighted by Gasteiger charge is 2.33. The lowest BCUT2D eigenvalue weighted by Gasteiger charge is -2.26. The van der Waals surface area contributed by atoms with Crippen LogP contribution in [0.2, 0.25) is 0 Å². The summed E-state index contributed by atoms with van der Waals surface area (Å²) in [4.78, 5) is 21.2. The number of carbonyl (C=O) groups is 1. The zero-order valence-corrected chi connectivity index (χ0v) is 10.3. The van der Waals surface area contributed by atoms with Crippen LogP contribution >= 0.6 is 0 Å². The molecule has 0 aromatic heterocycles. The van der Waals surface area contributed by atoms with Crippen molar-refractivity contribution in [1.29, 1.82) is 0 Å². The van der Waals surface area contributed by atoms with Crippen molar-refractivity contribution < 1.29 is 14.1 Å². The summed E-state index contributed by atoms with van der Waals surface area (Å²) >= 11 is 0. The average molecular weight is 254 g/mol. The molecule has 1 amide bonds. The fourth-order valence-corrected chi connectivity index (χ4v) is 1.91. The van der Waals surface area contributed by atoms with Crippen molar-refractivity contribution in [2.45, 2.75) is 32.1 Å². The molecule has 0 heterocycles. The van der Waals surface area contributed by atoms with Gasteiger partial charge < -0.3 is 5.73 Å². The van der Waals surface area contributed by atoms with Crippen molar-refractivity contribution in [2.24, 2.45) is 5.73 Å². The van der Waals surface area contributed by atoms with E-state index in [2.05, 4.69) is 0 Å². The van der Waals surface area contributed by atoms with Crippen LogP contribution in [0.3, 0.4) is 0 Å². The van der Waals surface area contributed by atoms with E-state index in [0.29, 0.717) is 18.4 Å². The van der Waals surface area contributed by atoms with Gasteiger partial charge in [-0.05, 0) is 25.0 Å². The molecular formula is C12H15FN2O3. The number of nitrogens with two attached hydrogens (primary N) is 1. The SMILES string of the molecule is CCCC(C)(C(N)=O)c1ccc([N+](=O)[O-])c(F)c1. The molecule has 1 rings (SSSR count). The summed E-state index contributed by atoms with van der Waals surface area (Å²) in [6, 6.07) is 3.45. The Balaban J connectivity index is 3.28. The quantitative estimate of drug-likeness (QED) is 0.646. The first-order chi connectivity index (χ1) is 8.32. The number of amides is 1. The third kappa shape index (κ3) is 2.47. The van der Waals surface area contributed by atoms with Crippen LogP contribution in [0.4, 0.5) is 10.1 Å². The molecule has 0 spiro atoms. The van der Waals surface area contributed by atoms with Crippen molar-refractivity contribution >= 4 is 11.6 Å². The molecule has 0 bridgehead atoms. The molecule has 0 radical (unpaired) electrons. The Labute approximate surface area is 104 Å². The number of nitrogens with zero attached hydrogens (tertiary/aromatic N) is 1. The maximum atomic E-state index is 13.5. The average Bonchev–Trinajstić information content (AvgIpc) is 2.28. The molecular weight excluding hydrogens is 239 g/mol. The minimum atomic E-state index is -1.01. The lowest BCUT2D eigenvalue weighted by atomic mass is 9.78. The van der Waals surface area contributed by atoms with Gasteiger partial charge in [-0.15, -0.1) is 0 Å². The number of hydrogen-bond acceptors (Lipinski definition) is 3. The summed E-state index contributed by atoms with van der Waals surface area (Å²) in [6.07, 6.45) is 1.15. The van der Waals surface area contributed by atoms with E-state index in [9.17, 15) is 19.3 Å². The molecule has 0 aliphatic carbocycles. The van der Waals surface area contributed by atoms with E-state index in [1.54, 1.807) is 6.92 Å². The summed E-state index contributed by atoms with van der Waals surface area (Å²) in [5.74, 6) is -1.53. The predicted molar refractivity (Wildman–Crippen MR) is 64.5 cm³/mol. The lowest BCUT2D eigenvalue weighted by Crippen LogP contribution is -2.38. The predicted octanol–water partition coefficient (Wildman–Crippen LogP) is 2.28. The van der Waals surface area contributed by atoms with E-state index >= 15 is 0 Å². The van der Waals surface area contributed by atoms with Gasteiger partial charge in [0.1, 0.15) is 0 Å². The van der Waals surface area contributed by atoms with E-state index in [1.165, 1.54) is 6.07 Å². The summed E-state index contributed by atoms with van der Waals surface area (Å²) in [5.41, 5.74) is 4.08. The molecule has 18 heavy (non-hydrogen) atoms. The van der Waals surface area contributed by atoms with Crippen molar-refractivity contribution in [3.8, 4) is 0 Å². The van der Waals surface area contributed by atoms with Crippen molar-refractivity contribution in [3.63, 3.8) is 0 Å². The largest absolute Gasteiger partial charge is 0.369 e. The maximum Gasteiger partial charge on any atom is 0.304 e. The van der Waals surface area contributed by atoms with Gasteiger partial charge in [0.25, 0.3) is 0 Å². The van der Waals surface area contributed by atoms with Gasteiger partial charge in [0.2, 0.25) is 11.7 Å². The maximum absolute atomic E-state index is 13.5. The van der Waals surface area contributed by atoms with E-state index in [-0.39, 0.29) is 0 Å². The Morgan fingerprint density at radius 1 is 1.56 bits per heavy atom. The van der Waals surface area contributed by atoms with Crippen LogP contribution in [-0.4, -0.2) is 10.8 Å². The van der Waals surface area contributed by atoms with Crippen LogP contribution in [0.1, 0.15) is 32.3 Å². The fraction of sp³-hybridized carbons (Fsp3) is 0.417. The number of hydrogen-bond donors (Lipinski definition) is 1. The minimum absolute atomic E-state index is 0.361. The highest BCUT2D eigenvalue weighted by atomic mass is 19.1. The number of nitro benzene ring substituents is 1. The molecule has 6 heteroatoms. The third-order valence-corrected chi connectivity index (χ3v) is 3.08. The second-order valence-electron chi connectivity index (χ2n) is 4.37. The Morgan fingerprint density at radius 2 is 2.17 bits per heavy atom. The van der Waals surface area contributed by atoms with E-state index in [0.717, 1.165) is 12.1 Å². The van der Waals surface area contributed by atoms with Crippen molar-refractivity contribution in [2.75, 3.05) is 0 Å². The topological polar surface area (TPSA) is 86.2 Å². The smallest absolute Gasteiger partial charge is 0.304 e. The number of halogens is 1. The molecule has 5 nitrogen and oxygen atoms in total. The molecule has 1 unspecified atom stereocenters. The van der Waals surface area contributed by atoms with E-state index in [1.807, 2.05) is 6.92 Å². The Bertz CT molecular complexity index is 490. The Kier molecular flexibility index (Phi) is 4.00. The molecule has 98 valence electrons. The van der Waals surface area contributed by atoms with Gasteiger partial charge in [0.15, 0.2) is 0 Å². The van der Waals surface area contributed by atoms with E-state index < -0.39 is 27.8 Å². The fourth-order valence-electron chi connectivity index (χ4n) is 1.91. The Morgan fingerprint density at radius 3 is 2.56 bits per heavy atom. The Hall–Kier alpha value is -1.98. The van der Waals surface area contributed by atoms with E-state index in [4.69, 9.17) is 5.73 Å². The van der Waals surface area contributed by atoms with Gasteiger partial charge in [-0.3, -0.25) is 14.9 Å². The monoisotopic (exact) mass is 254 g/mol. The van der Waals surface area contributed by atoms with Gasteiger partial charge >= 0.3 is 5.69 Å². The molecule has 0 saturated heterocycles. The van der Waals surface area contributed by atoms with Crippen LogP contribution in [0.25, 0.3) is 0 Å². The highest BCUT2D eigenvalue weighted by Crippen LogP contribution is 2.31. The van der Waals surface area contributed by atoms with Crippen molar-refractivity contribution in [1.82, 2.24) is 0 Å². The van der Waals surface area contributed by atoms with Crippen LogP contribution in [0.5, 0.6) is 0 Å². The number of nitro groups is 1. The summed E-state index contributed by atoms with van der Waals surface area (Å²) < 4.78 is 13.5. The lowest BCUT2D eigenvalue weighted by molar-refractivity contribution is -0.387. The number of rotatable bonds is 5. The highest BCUT2D eigenvalue weighted by molar-refractivity contribution is 5.86. The summed E-state index contributed by atoms with van der Waals surface area (Å²) in [5, 5.41) is 10.5. The van der Waals surface area contributed by atoms with Gasteiger partial charge in [0.05, 0.1) is 10.3 Å². The minimum Gasteiger partial charge on any atom is -0.369 e. The molecule has 2 N–H and O–H groups in total.